The molecule has 0 unspecified atom stereocenters. The fourth-order valence-electron chi connectivity index (χ4n) is 5.37. The molecule has 0 radical (unpaired) electrons. The Bertz CT molecular complexity index is 782. The zero-order valence-corrected chi connectivity index (χ0v) is 28.4. The molecule has 2 saturated heterocycles. The highest BCUT2D eigenvalue weighted by Crippen LogP contribution is 2.52. The number of hydrogen-bond acceptors (Lipinski definition) is 5. The van der Waals surface area contributed by atoms with Crippen molar-refractivity contribution in [2.75, 3.05) is 0 Å². The van der Waals surface area contributed by atoms with E-state index in [1.165, 1.54) is 0 Å². The van der Waals surface area contributed by atoms with Crippen molar-refractivity contribution in [2.45, 2.75) is 156 Å². The van der Waals surface area contributed by atoms with E-state index >= 15 is 0 Å². The smallest absolute Gasteiger partial charge is 0.192 e. The zero-order chi connectivity index (χ0) is 28.2. The summed E-state index contributed by atoms with van der Waals surface area (Å²) in [5, 5.41) is 0.176. The summed E-state index contributed by atoms with van der Waals surface area (Å²) >= 11 is 0. The minimum Gasteiger partial charge on any atom is -0.413 e. The molecule has 2 heterocycles. The Hall–Kier alpha value is -0.0562. The molecule has 2 aliphatic rings. The van der Waals surface area contributed by atoms with Gasteiger partial charge in [0.05, 0.1) is 18.3 Å². The van der Waals surface area contributed by atoms with Gasteiger partial charge < -0.3 is 18.3 Å². The van der Waals surface area contributed by atoms with Crippen molar-refractivity contribution in [1.82, 2.24) is 0 Å². The van der Waals surface area contributed by atoms with Crippen LogP contribution in [0.2, 0.25) is 36.3 Å². The van der Waals surface area contributed by atoms with Crippen LogP contribution in [-0.4, -0.2) is 52.6 Å². The summed E-state index contributed by atoms with van der Waals surface area (Å²) in [5.74, 6) is -0.412. The van der Waals surface area contributed by atoms with Crippen molar-refractivity contribution in [3.63, 3.8) is 0 Å². The molecule has 8 atom stereocenters. The summed E-state index contributed by atoms with van der Waals surface area (Å²) < 4.78 is 27.9. The highest BCUT2D eigenvalue weighted by molar-refractivity contribution is 6.74. The van der Waals surface area contributed by atoms with Crippen molar-refractivity contribution in [1.29, 1.82) is 0 Å². The SMILES string of the molecule is CC(=O)[C@H]1O[C@@]2(C[C@@H](O[Si](C)(C)C(C)(C)C)[C@H](C)[C@@H](C(C)C)O2)[C@@H](C)[C@H](O[Si](C)(C)C(C)(C)C)[C@@H]1C. The maximum absolute atomic E-state index is 12.9. The maximum atomic E-state index is 12.9. The number of Topliss-reactive ketones (excluding diaryl/α,β-unsaturated/α-hetero) is 1. The fourth-order valence-corrected chi connectivity index (χ4v) is 8.23. The first-order valence-electron chi connectivity index (χ1n) is 14.2. The summed E-state index contributed by atoms with van der Waals surface area (Å²) in [4.78, 5) is 12.9. The van der Waals surface area contributed by atoms with Crippen molar-refractivity contribution in [2.24, 2.45) is 23.7 Å². The van der Waals surface area contributed by atoms with Gasteiger partial charge in [-0.1, -0.05) is 76.2 Å². The number of carbonyl (C=O) groups is 1. The van der Waals surface area contributed by atoms with E-state index in [0.717, 1.165) is 0 Å². The van der Waals surface area contributed by atoms with Gasteiger partial charge in [0.1, 0.15) is 6.10 Å². The van der Waals surface area contributed by atoms with Crippen LogP contribution in [0.4, 0.5) is 0 Å². The molecule has 0 amide bonds. The highest BCUT2D eigenvalue weighted by Gasteiger charge is 2.60. The maximum Gasteiger partial charge on any atom is 0.192 e. The molecule has 0 bridgehead atoms. The minimum absolute atomic E-state index is 0.00373. The Labute approximate surface area is 225 Å². The molecule has 212 valence electrons. The van der Waals surface area contributed by atoms with Gasteiger partial charge in [0, 0.05) is 24.2 Å². The van der Waals surface area contributed by atoms with Crippen LogP contribution in [0.5, 0.6) is 0 Å². The van der Waals surface area contributed by atoms with Crippen LogP contribution in [0, 0.1) is 23.7 Å². The van der Waals surface area contributed by atoms with Gasteiger partial charge in [0.25, 0.3) is 0 Å². The molecule has 2 rings (SSSR count). The Morgan fingerprint density at radius 1 is 0.861 bits per heavy atom. The monoisotopic (exact) mass is 542 g/mol. The topological polar surface area (TPSA) is 54.0 Å². The Morgan fingerprint density at radius 3 is 1.75 bits per heavy atom. The van der Waals surface area contributed by atoms with Crippen LogP contribution < -0.4 is 0 Å². The van der Waals surface area contributed by atoms with E-state index in [1.807, 2.05) is 0 Å². The molecule has 36 heavy (non-hydrogen) atoms. The van der Waals surface area contributed by atoms with Gasteiger partial charge in [0.2, 0.25) is 0 Å². The quantitative estimate of drug-likeness (QED) is 0.320. The third-order valence-corrected chi connectivity index (χ3v) is 19.0. The van der Waals surface area contributed by atoms with Crippen molar-refractivity contribution in [3.8, 4) is 0 Å². The standard InChI is InChI=1S/C29H58O5Si2/c1-18(2)24-19(3)23(33-35(13,14)27(7,8)9)17-29(31-24)21(5)25(20(4)26(32-29)22(6)30)34-36(15,16)28(10,11)12/h18-21,23-26H,17H2,1-16H3/t19-,20-,21-,23+,24+,25+,26-,29-/m0/s1. The Balaban J connectivity index is 2.58. The molecule has 0 aromatic heterocycles. The molecular weight excluding hydrogens is 484 g/mol. The second-order valence-electron chi connectivity index (χ2n) is 15.3. The van der Waals surface area contributed by atoms with Crippen molar-refractivity contribution in [3.05, 3.63) is 0 Å². The van der Waals surface area contributed by atoms with E-state index in [0.29, 0.717) is 12.3 Å². The van der Waals surface area contributed by atoms with Crippen LogP contribution in [0.1, 0.15) is 89.5 Å². The van der Waals surface area contributed by atoms with Gasteiger partial charge in [-0.3, -0.25) is 4.79 Å². The molecule has 5 nitrogen and oxygen atoms in total. The zero-order valence-electron chi connectivity index (χ0n) is 26.4. The molecule has 7 heteroatoms. The number of ketones is 1. The fraction of sp³-hybridized carbons (Fsp3) is 0.966. The lowest BCUT2D eigenvalue weighted by Gasteiger charge is -2.59. The number of carbonyl (C=O) groups excluding carboxylic acids is 1. The lowest BCUT2D eigenvalue weighted by Crippen LogP contribution is -2.68. The molecule has 0 aliphatic carbocycles. The van der Waals surface area contributed by atoms with Gasteiger partial charge >= 0.3 is 0 Å². The van der Waals surface area contributed by atoms with Gasteiger partial charge in [0.15, 0.2) is 28.2 Å². The second-order valence-corrected chi connectivity index (χ2v) is 24.8. The first kappa shape index (κ1) is 32.2. The van der Waals surface area contributed by atoms with E-state index in [1.54, 1.807) is 6.92 Å². The van der Waals surface area contributed by atoms with Gasteiger partial charge in [-0.25, -0.2) is 0 Å². The Kier molecular flexibility index (Phi) is 9.37. The largest absolute Gasteiger partial charge is 0.413 e. The number of hydrogen-bond donors (Lipinski definition) is 0. The van der Waals surface area contributed by atoms with Crippen LogP contribution >= 0.6 is 0 Å². The van der Waals surface area contributed by atoms with E-state index in [9.17, 15) is 4.79 Å². The van der Waals surface area contributed by atoms with Gasteiger partial charge in [-0.2, -0.15) is 0 Å². The molecular formula is C29H58O5Si2. The molecule has 0 N–H and O–H groups in total. The summed E-state index contributed by atoms with van der Waals surface area (Å²) in [6.45, 7) is 35.5. The predicted molar refractivity (Wildman–Crippen MR) is 154 cm³/mol. The van der Waals surface area contributed by atoms with E-state index in [2.05, 4.69) is 102 Å². The predicted octanol–water partition coefficient (Wildman–Crippen LogP) is 7.80. The minimum atomic E-state index is -2.10. The van der Waals surface area contributed by atoms with Gasteiger partial charge in [-0.15, -0.1) is 0 Å². The second kappa shape index (κ2) is 10.5. The molecule has 2 aliphatic heterocycles. The van der Waals surface area contributed by atoms with Crippen molar-refractivity contribution >= 4 is 22.4 Å². The van der Waals surface area contributed by atoms with E-state index in [-0.39, 0.29) is 51.9 Å². The normalized spacial score (nSPS) is 37.0. The third kappa shape index (κ3) is 6.22. The van der Waals surface area contributed by atoms with Crippen LogP contribution in [-0.2, 0) is 23.1 Å². The summed E-state index contributed by atoms with van der Waals surface area (Å²) in [5.41, 5.74) is 0. The highest BCUT2D eigenvalue weighted by atomic mass is 28.4. The van der Waals surface area contributed by atoms with Crippen molar-refractivity contribution < 1.29 is 23.1 Å². The number of rotatable bonds is 6. The molecule has 0 aromatic carbocycles. The summed E-state index contributed by atoms with van der Waals surface area (Å²) in [6.07, 6.45) is -0.0673. The first-order chi connectivity index (χ1) is 16.0. The first-order valence-corrected chi connectivity index (χ1v) is 20.0. The molecule has 0 saturated carbocycles. The van der Waals surface area contributed by atoms with E-state index < -0.39 is 28.5 Å². The van der Waals surface area contributed by atoms with Crippen LogP contribution in [0.15, 0.2) is 0 Å². The summed E-state index contributed by atoms with van der Waals surface area (Å²) in [7, 11) is -4.14. The lowest BCUT2D eigenvalue weighted by molar-refractivity contribution is -0.376. The van der Waals surface area contributed by atoms with Crippen LogP contribution in [0.25, 0.3) is 0 Å². The third-order valence-electron chi connectivity index (χ3n) is 9.98. The average molecular weight is 543 g/mol. The molecule has 1 spiro atoms. The Morgan fingerprint density at radius 2 is 1.33 bits per heavy atom. The van der Waals surface area contributed by atoms with E-state index in [4.69, 9.17) is 18.3 Å². The summed E-state index contributed by atoms with van der Waals surface area (Å²) in [6, 6.07) is 0. The number of ether oxygens (including phenoxy) is 2. The average Bonchev–Trinajstić information content (AvgIpc) is 2.68. The van der Waals surface area contributed by atoms with Crippen LogP contribution in [0.3, 0.4) is 0 Å². The molecule has 2 fully saturated rings. The lowest BCUT2D eigenvalue weighted by atomic mass is 9.74. The molecule has 0 aromatic rings. The van der Waals surface area contributed by atoms with Gasteiger partial charge in [-0.05, 0) is 49.1 Å².